The van der Waals surface area contributed by atoms with E-state index in [0.717, 1.165) is 5.39 Å². The number of hydrogen-bond acceptors (Lipinski definition) is 3. The summed E-state index contributed by atoms with van der Waals surface area (Å²) < 4.78 is 1.55. The average molecular weight is 414 g/mol. The van der Waals surface area contributed by atoms with E-state index in [4.69, 9.17) is 28.3 Å². The maximum atomic E-state index is 12.5. The fourth-order valence-electron chi connectivity index (χ4n) is 2.76. The van der Waals surface area contributed by atoms with Gasteiger partial charge in [0, 0.05) is 22.7 Å². The van der Waals surface area contributed by atoms with Gasteiger partial charge in [0.05, 0.1) is 15.7 Å². The van der Waals surface area contributed by atoms with Crippen LogP contribution in [0.5, 0.6) is 0 Å². The number of rotatable bonds is 5. The molecular weight excluding hydrogens is 401 g/mol. The van der Waals surface area contributed by atoms with Gasteiger partial charge < -0.3 is 15.0 Å². The molecule has 0 radical (unpaired) electrons. The molecule has 0 saturated carbocycles. The van der Waals surface area contributed by atoms with Crippen LogP contribution in [0, 0.1) is 11.3 Å². The Morgan fingerprint density at radius 1 is 1.18 bits per heavy atom. The summed E-state index contributed by atoms with van der Waals surface area (Å²) in [4.78, 5) is 23.6. The van der Waals surface area contributed by atoms with Gasteiger partial charge >= 0.3 is 5.97 Å². The summed E-state index contributed by atoms with van der Waals surface area (Å²) in [5, 5.41) is 22.3. The number of carbonyl (C=O) groups is 2. The Morgan fingerprint density at radius 2 is 1.93 bits per heavy atom. The van der Waals surface area contributed by atoms with Crippen molar-refractivity contribution < 1.29 is 14.7 Å². The first-order valence-corrected chi connectivity index (χ1v) is 8.83. The van der Waals surface area contributed by atoms with Gasteiger partial charge in [-0.3, -0.25) is 9.59 Å². The first-order chi connectivity index (χ1) is 13.4. The third-order valence-corrected chi connectivity index (χ3v) is 4.81. The predicted molar refractivity (Wildman–Crippen MR) is 108 cm³/mol. The van der Waals surface area contributed by atoms with Crippen LogP contribution in [0.2, 0.25) is 10.0 Å². The zero-order valence-corrected chi connectivity index (χ0v) is 15.8. The van der Waals surface area contributed by atoms with Crippen LogP contribution >= 0.6 is 23.2 Å². The van der Waals surface area contributed by atoms with E-state index in [9.17, 15) is 14.9 Å². The molecule has 0 aliphatic carbocycles. The normalized spacial score (nSPS) is 11.2. The number of carbonyl (C=O) groups excluding carboxylic acids is 1. The van der Waals surface area contributed by atoms with E-state index in [1.807, 2.05) is 6.07 Å². The van der Waals surface area contributed by atoms with Crippen molar-refractivity contribution in [1.82, 2.24) is 4.57 Å². The molecule has 6 nitrogen and oxygen atoms in total. The van der Waals surface area contributed by atoms with Crippen molar-refractivity contribution in [3.8, 4) is 6.07 Å². The molecule has 8 heteroatoms. The highest BCUT2D eigenvalue weighted by atomic mass is 35.5. The number of hydrogen-bond donors (Lipinski definition) is 2. The lowest BCUT2D eigenvalue weighted by atomic mass is 10.1. The van der Waals surface area contributed by atoms with Crippen LogP contribution in [0.25, 0.3) is 17.0 Å². The Balaban J connectivity index is 1.99. The largest absolute Gasteiger partial charge is 0.480 e. The van der Waals surface area contributed by atoms with Crippen molar-refractivity contribution in [3.63, 3.8) is 0 Å². The molecule has 0 aliphatic rings. The monoisotopic (exact) mass is 413 g/mol. The summed E-state index contributed by atoms with van der Waals surface area (Å²) in [7, 11) is 0. The van der Waals surface area contributed by atoms with Gasteiger partial charge in [0.15, 0.2) is 0 Å². The molecular formula is C20H13Cl2N3O3. The molecule has 1 aromatic heterocycles. The Bertz CT molecular complexity index is 1160. The molecule has 1 heterocycles. The third kappa shape index (κ3) is 4.01. The fourth-order valence-corrected chi connectivity index (χ4v) is 3.11. The number of fused-ring (bicyclic) bond motifs is 1. The van der Waals surface area contributed by atoms with Crippen molar-refractivity contribution >= 4 is 57.7 Å². The van der Waals surface area contributed by atoms with Crippen molar-refractivity contribution in [2.24, 2.45) is 0 Å². The fraction of sp³-hybridized carbons (Fsp3) is 0.0500. The molecule has 0 fully saturated rings. The first-order valence-electron chi connectivity index (χ1n) is 8.07. The SMILES string of the molecule is N#C/C(=C\c1cn(CC(=O)O)c2ccccc12)C(=O)Nc1cccc(Cl)c1Cl. The molecule has 0 atom stereocenters. The van der Waals surface area contributed by atoms with Crippen LogP contribution in [-0.4, -0.2) is 21.6 Å². The summed E-state index contributed by atoms with van der Waals surface area (Å²) in [6, 6.07) is 13.8. The average Bonchev–Trinajstić information content (AvgIpc) is 3.00. The number of anilines is 1. The molecule has 1 amide bonds. The minimum absolute atomic E-state index is 0.158. The van der Waals surface area contributed by atoms with E-state index >= 15 is 0 Å². The number of nitriles is 1. The minimum atomic E-state index is -0.995. The Morgan fingerprint density at radius 3 is 2.64 bits per heavy atom. The van der Waals surface area contributed by atoms with Gasteiger partial charge in [-0.15, -0.1) is 0 Å². The summed E-state index contributed by atoms with van der Waals surface area (Å²) >= 11 is 12.0. The van der Waals surface area contributed by atoms with Crippen LogP contribution in [0.4, 0.5) is 5.69 Å². The number of benzene rings is 2. The Kier molecular flexibility index (Phi) is 5.69. The number of carboxylic acid groups (broad SMARTS) is 1. The lowest BCUT2D eigenvalue weighted by molar-refractivity contribution is -0.137. The standard InChI is InChI=1S/C20H13Cl2N3O3/c21-15-5-3-6-16(19(15)22)24-20(28)12(9-23)8-13-10-25(11-18(26)27)17-7-2-1-4-14(13)17/h1-8,10H,11H2,(H,24,28)(H,26,27)/b12-8+. The molecule has 0 aliphatic heterocycles. The molecule has 28 heavy (non-hydrogen) atoms. The van der Waals surface area contributed by atoms with Crippen LogP contribution in [-0.2, 0) is 16.1 Å². The highest BCUT2D eigenvalue weighted by molar-refractivity contribution is 6.44. The highest BCUT2D eigenvalue weighted by Crippen LogP contribution is 2.30. The van der Waals surface area contributed by atoms with E-state index in [-0.39, 0.29) is 27.9 Å². The van der Waals surface area contributed by atoms with Crippen molar-refractivity contribution in [3.05, 3.63) is 69.8 Å². The van der Waals surface area contributed by atoms with E-state index in [0.29, 0.717) is 11.1 Å². The predicted octanol–water partition coefficient (Wildman–Crippen LogP) is 4.58. The van der Waals surface area contributed by atoms with Crippen LogP contribution in [0.15, 0.2) is 54.2 Å². The van der Waals surface area contributed by atoms with Crippen molar-refractivity contribution in [2.45, 2.75) is 6.54 Å². The van der Waals surface area contributed by atoms with Crippen LogP contribution < -0.4 is 5.32 Å². The van der Waals surface area contributed by atoms with E-state index in [2.05, 4.69) is 5.32 Å². The van der Waals surface area contributed by atoms with E-state index in [1.165, 1.54) is 6.08 Å². The molecule has 3 aromatic rings. The van der Waals surface area contributed by atoms with Crippen LogP contribution in [0.1, 0.15) is 5.56 Å². The number of para-hydroxylation sites is 1. The van der Waals surface area contributed by atoms with E-state index in [1.54, 1.807) is 53.2 Å². The topological polar surface area (TPSA) is 95.1 Å². The maximum absolute atomic E-state index is 12.5. The number of aromatic nitrogens is 1. The Labute approximate surface area is 170 Å². The number of aliphatic carboxylic acids is 1. The first kappa shape index (κ1) is 19.5. The number of amides is 1. The molecule has 140 valence electrons. The molecule has 0 bridgehead atoms. The molecule has 2 aromatic carbocycles. The molecule has 2 N–H and O–H groups in total. The van der Waals surface area contributed by atoms with Gasteiger partial charge in [-0.05, 0) is 24.3 Å². The number of carboxylic acids is 1. The number of nitrogens with one attached hydrogen (secondary N) is 1. The maximum Gasteiger partial charge on any atom is 0.323 e. The lowest BCUT2D eigenvalue weighted by Crippen LogP contribution is -2.13. The van der Waals surface area contributed by atoms with Gasteiger partial charge in [0.2, 0.25) is 0 Å². The van der Waals surface area contributed by atoms with Crippen molar-refractivity contribution in [1.29, 1.82) is 5.26 Å². The van der Waals surface area contributed by atoms with Gasteiger partial charge in [-0.25, -0.2) is 0 Å². The summed E-state index contributed by atoms with van der Waals surface area (Å²) in [5.41, 5.74) is 1.37. The van der Waals surface area contributed by atoms with Crippen molar-refractivity contribution in [2.75, 3.05) is 5.32 Å². The van der Waals surface area contributed by atoms with E-state index < -0.39 is 11.9 Å². The lowest BCUT2D eigenvalue weighted by Gasteiger charge is -2.07. The van der Waals surface area contributed by atoms with Gasteiger partial charge in [0.1, 0.15) is 18.2 Å². The van der Waals surface area contributed by atoms with Gasteiger partial charge in [-0.2, -0.15) is 5.26 Å². The van der Waals surface area contributed by atoms with Gasteiger partial charge in [0.25, 0.3) is 5.91 Å². The smallest absolute Gasteiger partial charge is 0.323 e. The Hall–Kier alpha value is -3.27. The van der Waals surface area contributed by atoms with Crippen LogP contribution in [0.3, 0.4) is 0 Å². The minimum Gasteiger partial charge on any atom is -0.480 e. The molecule has 0 unspecified atom stereocenters. The molecule has 0 spiro atoms. The summed E-state index contributed by atoms with van der Waals surface area (Å²) in [6.07, 6.45) is 3.00. The zero-order valence-electron chi connectivity index (χ0n) is 14.3. The summed E-state index contributed by atoms with van der Waals surface area (Å²) in [6.45, 7) is -0.236. The number of nitrogens with zero attached hydrogens (tertiary/aromatic N) is 2. The highest BCUT2D eigenvalue weighted by Gasteiger charge is 2.15. The third-order valence-electron chi connectivity index (χ3n) is 3.99. The second-order valence-electron chi connectivity index (χ2n) is 5.85. The molecule has 0 saturated heterocycles. The second kappa shape index (κ2) is 8.17. The quantitative estimate of drug-likeness (QED) is 0.472. The van der Waals surface area contributed by atoms with Gasteiger partial charge in [-0.1, -0.05) is 47.5 Å². The second-order valence-corrected chi connectivity index (χ2v) is 6.63. The number of halogens is 2. The molecule has 3 rings (SSSR count). The summed E-state index contributed by atoms with van der Waals surface area (Å²) in [5.74, 6) is -1.65. The zero-order chi connectivity index (χ0) is 20.3.